The van der Waals surface area contributed by atoms with Gasteiger partial charge in [0.25, 0.3) is 5.91 Å². The molecule has 96 valence electrons. The zero-order chi connectivity index (χ0) is 13.6. The Morgan fingerprint density at radius 1 is 1.17 bits per heavy atom. The predicted molar refractivity (Wildman–Crippen MR) is 72.2 cm³/mol. The van der Waals surface area contributed by atoms with Crippen LogP contribution in [0.3, 0.4) is 0 Å². The van der Waals surface area contributed by atoms with Crippen molar-refractivity contribution in [2.75, 3.05) is 0 Å². The van der Waals surface area contributed by atoms with Gasteiger partial charge in [0.1, 0.15) is 0 Å². The fourth-order valence-corrected chi connectivity index (χ4v) is 2.02. The molecule has 1 aromatic carbocycles. The number of benzene rings is 1. The van der Waals surface area contributed by atoms with Gasteiger partial charge >= 0.3 is 0 Å². The molecule has 3 nitrogen and oxygen atoms in total. The zero-order valence-corrected chi connectivity index (χ0v) is 11.3. The maximum absolute atomic E-state index is 12.1. The van der Waals surface area contributed by atoms with Crippen molar-refractivity contribution in [1.29, 1.82) is 5.26 Å². The second-order valence-electron chi connectivity index (χ2n) is 4.48. The molecule has 1 rings (SSSR count). The van der Waals surface area contributed by atoms with Crippen LogP contribution in [0, 0.1) is 11.3 Å². The van der Waals surface area contributed by atoms with Crippen LogP contribution in [-0.2, 0) is 0 Å². The molecular formula is C15H20N2O. The summed E-state index contributed by atoms with van der Waals surface area (Å²) in [5.74, 6) is -0.0648. The van der Waals surface area contributed by atoms with Crippen LogP contribution in [-0.4, -0.2) is 11.4 Å². The Morgan fingerprint density at radius 2 is 1.67 bits per heavy atom. The minimum Gasteiger partial charge on any atom is -0.347 e. The van der Waals surface area contributed by atoms with E-state index in [-0.39, 0.29) is 11.4 Å². The number of amides is 1. The second-order valence-corrected chi connectivity index (χ2v) is 4.48. The molecule has 0 atom stereocenters. The Kier molecular flexibility index (Phi) is 4.91. The highest BCUT2D eigenvalue weighted by molar-refractivity contribution is 5.94. The van der Waals surface area contributed by atoms with Crippen LogP contribution in [0.4, 0.5) is 0 Å². The van der Waals surface area contributed by atoms with Gasteiger partial charge in [0.05, 0.1) is 11.6 Å². The van der Waals surface area contributed by atoms with E-state index in [1.54, 1.807) is 24.3 Å². The van der Waals surface area contributed by atoms with Gasteiger partial charge in [-0.15, -0.1) is 0 Å². The third-order valence-corrected chi connectivity index (χ3v) is 3.69. The standard InChI is InChI=1S/C15H20N2O/c1-4-15(5-2,6-3)17-14(18)13-9-7-12(11-16)8-10-13/h7-10H,4-6H2,1-3H3,(H,17,18). The molecule has 18 heavy (non-hydrogen) atoms. The molecule has 1 aromatic rings. The Hall–Kier alpha value is -1.82. The predicted octanol–water partition coefficient (Wildman–Crippen LogP) is 3.26. The molecule has 3 heteroatoms. The second kappa shape index (κ2) is 6.20. The van der Waals surface area contributed by atoms with Crippen LogP contribution in [0.1, 0.15) is 56.0 Å². The maximum Gasteiger partial charge on any atom is 0.251 e. The first kappa shape index (κ1) is 14.2. The first-order valence-electron chi connectivity index (χ1n) is 6.43. The third kappa shape index (κ3) is 3.10. The molecule has 0 heterocycles. The van der Waals surface area contributed by atoms with Crippen LogP contribution in [0.15, 0.2) is 24.3 Å². The molecule has 0 fully saturated rings. The molecule has 0 unspecified atom stereocenters. The maximum atomic E-state index is 12.1. The van der Waals surface area contributed by atoms with E-state index < -0.39 is 0 Å². The zero-order valence-electron chi connectivity index (χ0n) is 11.3. The van der Waals surface area contributed by atoms with Gasteiger partial charge in [0.2, 0.25) is 0 Å². The summed E-state index contributed by atoms with van der Waals surface area (Å²) in [4.78, 5) is 12.1. The van der Waals surface area contributed by atoms with Crippen LogP contribution in [0.2, 0.25) is 0 Å². The van der Waals surface area contributed by atoms with Gasteiger partial charge in [-0.3, -0.25) is 4.79 Å². The average molecular weight is 244 g/mol. The van der Waals surface area contributed by atoms with E-state index in [2.05, 4.69) is 26.1 Å². The summed E-state index contributed by atoms with van der Waals surface area (Å²) in [5.41, 5.74) is 1.05. The molecular weight excluding hydrogens is 224 g/mol. The SMILES string of the molecule is CCC(CC)(CC)NC(=O)c1ccc(C#N)cc1. The van der Waals surface area contributed by atoms with Crippen molar-refractivity contribution >= 4 is 5.91 Å². The highest BCUT2D eigenvalue weighted by Gasteiger charge is 2.26. The van der Waals surface area contributed by atoms with Gasteiger partial charge in [-0.1, -0.05) is 20.8 Å². The summed E-state index contributed by atoms with van der Waals surface area (Å²) in [5, 5.41) is 11.8. The van der Waals surface area contributed by atoms with E-state index in [1.165, 1.54) is 0 Å². The number of hydrogen-bond acceptors (Lipinski definition) is 2. The number of nitrogens with one attached hydrogen (secondary N) is 1. The minimum absolute atomic E-state index is 0.0648. The van der Waals surface area contributed by atoms with E-state index in [0.717, 1.165) is 19.3 Å². The summed E-state index contributed by atoms with van der Waals surface area (Å²) in [6.07, 6.45) is 2.76. The van der Waals surface area contributed by atoms with Gasteiger partial charge in [-0.25, -0.2) is 0 Å². The van der Waals surface area contributed by atoms with Gasteiger partial charge in [-0.05, 0) is 43.5 Å². The van der Waals surface area contributed by atoms with Gasteiger partial charge < -0.3 is 5.32 Å². The van der Waals surface area contributed by atoms with E-state index in [4.69, 9.17) is 5.26 Å². The van der Waals surface area contributed by atoms with Crippen LogP contribution < -0.4 is 5.32 Å². The summed E-state index contributed by atoms with van der Waals surface area (Å²) in [6, 6.07) is 8.77. The lowest BCUT2D eigenvalue weighted by Crippen LogP contribution is -2.47. The Balaban J connectivity index is 2.84. The van der Waals surface area contributed by atoms with Crippen molar-refractivity contribution in [3.8, 4) is 6.07 Å². The number of rotatable bonds is 5. The van der Waals surface area contributed by atoms with Gasteiger partial charge in [0, 0.05) is 11.1 Å². The Bertz CT molecular complexity index is 430. The summed E-state index contributed by atoms with van der Waals surface area (Å²) < 4.78 is 0. The molecule has 0 aromatic heterocycles. The molecule has 0 bridgehead atoms. The van der Waals surface area contributed by atoms with E-state index in [9.17, 15) is 4.79 Å². The first-order valence-corrected chi connectivity index (χ1v) is 6.43. The monoisotopic (exact) mass is 244 g/mol. The summed E-state index contributed by atoms with van der Waals surface area (Å²) >= 11 is 0. The van der Waals surface area contributed by atoms with Crippen molar-refractivity contribution < 1.29 is 4.79 Å². The number of nitrogens with zero attached hydrogens (tertiary/aromatic N) is 1. The lowest BCUT2D eigenvalue weighted by molar-refractivity contribution is 0.0888. The fourth-order valence-electron chi connectivity index (χ4n) is 2.02. The Morgan fingerprint density at radius 3 is 2.06 bits per heavy atom. The average Bonchev–Trinajstić information content (AvgIpc) is 2.45. The van der Waals surface area contributed by atoms with Crippen molar-refractivity contribution in [2.24, 2.45) is 0 Å². The van der Waals surface area contributed by atoms with E-state index >= 15 is 0 Å². The van der Waals surface area contributed by atoms with E-state index in [0.29, 0.717) is 11.1 Å². The fraction of sp³-hybridized carbons (Fsp3) is 0.467. The lowest BCUT2D eigenvalue weighted by atomic mass is 9.89. The molecule has 0 radical (unpaired) electrons. The number of hydrogen-bond donors (Lipinski definition) is 1. The number of nitriles is 1. The summed E-state index contributed by atoms with van der Waals surface area (Å²) in [7, 11) is 0. The van der Waals surface area contributed by atoms with Crippen molar-refractivity contribution in [3.63, 3.8) is 0 Å². The van der Waals surface area contributed by atoms with Crippen molar-refractivity contribution in [1.82, 2.24) is 5.32 Å². The van der Waals surface area contributed by atoms with Crippen LogP contribution >= 0.6 is 0 Å². The molecule has 0 aliphatic heterocycles. The van der Waals surface area contributed by atoms with Crippen LogP contribution in [0.5, 0.6) is 0 Å². The molecule has 0 aliphatic rings. The van der Waals surface area contributed by atoms with Crippen molar-refractivity contribution in [2.45, 2.75) is 45.6 Å². The highest BCUT2D eigenvalue weighted by Crippen LogP contribution is 2.20. The van der Waals surface area contributed by atoms with E-state index in [1.807, 2.05) is 6.07 Å². The lowest BCUT2D eigenvalue weighted by Gasteiger charge is -2.31. The largest absolute Gasteiger partial charge is 0.347 e. The number of carbonyl (C=O) groups is 1. The molecule has 0 saturated carbocycles. The molecule has 1 N–H and O–H groups in total. The van der Waals surface area contributed by atoms with Crippen LogP contribution in [0.25, 0.3) is 0 Å². The molecule has 0 aliphatic carbocycles. The molecule has 0 spiro atoms. The molecule has 1 amide bonds. The quantitative estimate of drug-likeness (QED) is 0.864. The third-order valence-electron chi connectivity index (χ3n) is 3.69. The normalized spacial score (nSPS) is 10.8. The van der Waals surface area contributed by atoms with Crippen molar-refractivity contribution in [3.05, 3.63) is 35.4 Å². The van der Waals surface area contributed by atoms with Gasteiger partial charge in [-0.2, -0.15) is 5.26 Å². The highest BCUT2D eigenvalue weighted by atomic mass is 16.1. The topological polar surface area (TPSA) is 52.9 Å². The Labute approximate surface area is 109 Å². The van der Waals surface area contributed by atoms with Gasteiger partial charge in [0.15, 0.2) is 0 Å². The minimum atomic E-state index is -0.120. The molecule has 0 saturated heterocycles. The first-order chi connectivity index (χ1) is 8.60. The smallest absolute Gasteiger partial charge is 0.251 e. The summed E-state index contributed by atoms with van der Waals surface area (Å²) in [6.45, 7) is 6.27. The number of carbonyl (C=O) groups excluding carboxylic acids is 1.